The molecule has 5 nitrogen and oxygen atoms in total. The highest BCUT2D eigenvalue weighted by Gasteiger charge is 2.11. The first-order chi connectivity index (χ1) is 12.3. The molecular weight excluding hydrogens is 326 g/mol. The number of nitro benzene ring substituents is 1. The third kappa shape index (κ3) is 11.9. The maximum atomic E-state index is 10.9. The Morgan fingerprint density at radius 3 is 2.31 bits per heavy atom. The van der Waals surface area contributed by atoms with E-state index in [-0.39, 0.29) is 10.6 Å². The van der Waals surface area contributed by atoms with Crippen molar-refractivity contribution in [2.24, 2.45) is 0 Å². The minimum absolute atomic E-state index is 0.0866. The Balaban J connectivity index is 0. The van der Waals surface area contributed by atoms with Crippen molar-refractivity contribution >= 4 is 11.4 Å². The Bertz CT molecular complexity index is 593. The predicted molar refractivity (Wildman–Crippen MR) is 114 cm³/mol. The molecule has 1 aromatic rings. The minimum atomic E-state index is -0.388. The third-order valence-electron chi connectivity index (χ3n) is 3.15. The summed E-state index contributed by atoms with van der Waals surface area (Å²) in [4.78, 5) is 12.4. The van der Waals surface area contributed by atoms with Crippen molar-refractivity contribution < 1.29 is 4.92 Å². The molecule has 0 aromatic heterocycles. The highest BCUT2D eigenvalue weighted by atomic mass is 16.6. The second-order valence-electron chi connectivity index (χ2n) is 5.43. The highest BCUT2D eigenvalue weighted by Crippen LogP contribution is 2.23. The molecule has 1 aromatic carbocycles. The normalized spacial score (nSPS) is 10.2. The van der Waals surface area contributed by atoms with E-state index in [1.54, 1.807) is 18.2 Å². The van der Waals surface area contributed by atoms with Crippen LogP contribution in [0, 0.1) is 10.1 Å². The van der Waals surface area contributed by atoms with Gasteiger partial charge in [-0.25, -0.2) is 0 Å². The summed E-state index contributed by atoms with van der Waals surface area (Å²) in [5.74, 6) is 0. The second kappa shape index (κ2) is 15.9. The first-order valence-electron chi connectivity index (χ1n) is 8.97. The molecule has 0 saturated carbocycles. The molecule has 0 aliphatic carbocycles. The van der Waals surface area contributed by atoms with Gasteiger partial charge in [0, 0.05) is 31.6 Å². The first-order valence-corrected chi connectivity index (χ1v) is 8.97. The van der Waals surface area contributed by atoms with E-state index in [0.717, 1.165) is 17.7 Å². The van der Waals surface area contributed by atoms with Crippen LogP contribution in [0.2, 0.25) is 0 Å². The summed E-state index contributed by atoms with van der Waals surface area (Å²) in [6, 6.07) is 6.62. The lowest BCUT2D eigenvalue weighted by molar-refractivity contribution is -0.383. The lowest BCUT2D eigenvalue weighted by atomic mass is 10.2. The molecule has 1 N–H and O–H groups in total. The van der Waals surface area contributed by atoms with E-state index in [0.29, 0.717) is 12.2 Å². The summed E-state index contributed by atoms with van der Waals surface area (Å²) in [7, 11) is 1.91. The van der Waals surface area contributed by atoms with Gasteiger partial charge in [0.15, 0.2) is 0 Å². The van der Waals surface area contributed by atoms with E-state index in [2.05, 4.69) is 31.0 Å². The number of hydrogen-bond donors (Lipinski definition) is 1. The summed E-state index contributed by atoms with van der Waals surface area (Å²) >= 11 is 0. The lowest BCUT2D eigenvalue weighted by Gasteiger charge is -2.15. The zero-order valence-corrected chi connectivity index (χ0v) is 17.4. The summed E-state index contributed by atoms with van der Waals surface area (Å²) in [6.07, 6.45) is 7.29. The number of nitrogens with zero attached hydrogens (tertiary/aromatic N) is 2. The average Bonchev–Trinajstić information content (AvgIpc) is 2.63. The Kier molecular flexibility index (Phi) is 15.7. The smallest absolute Gasteiger partial charge is 0.292 e. The minimum Gasteiger partial charge on any atom is -0.376 e. The number of anilines is 1. The van der Waals surface area contributed by atoms with Gasteiger partial charge >= 0.3 is 0 Å². The molecule has 0 amide bonds. The van der Waals surface area contributed by atoms with Crippen molar-refractivity contribution in [2.45, 2.75) is 48.0 Å². The van der Waals surface area contributed by atoms with Crippen molar-refractivity contribution in [2.75, 3.05) is 18.9 Å². The first kappa shape index (κ1) is 25.7. The summed E-state index contributed by atoms with van der Waals surface area (Å²) in [6.45, 7) is 16.4. The average molecular weight is 362 g/mol. The largest absolute Gasteiger partial charge is 0.376 e. The summed E-state index contributed by atoms with van der Waals surface area (Å²) in [5.41, 5.74) is 2.61. The number of hydrogen-bond acceptors (Lipinski definition) is 4. The van der Waals surface area contributed by atoms with Crippen molar-refractivity contribution in [3.63, 3.8) is 0 Å². The van der Waals surface area contributed by atoms with Gasteiger partial charge in [-0.05, 0) is 38.8 Å². The number of allylic oxidation sites excluding steroid dienone is 3. The van der Waals surface area contributed by atoms with Gasteiger partial charge in [0.25, 0.3) is 5.69 Å². The maximum absolute atomic E-state index is 10.9. The molecule has 26 heavy (non-hydrogen) atoms. The van der Waals surface area contributed by atoms with Crippen LogP contribution in [0.3, 0.4) is 0 Å². The van der Waals surface area contributed by atoms with E-state index < -0.39 is 0 Å². The van der Waals surface area contributed by atoms with Gasteiger partial charge in [-0.15, -0.1) is 0 Å². The molecule has 0 aliphatic rings. The van der Waals surface area contributed by atoms with E-state index in [9.17, 15) is 10.1 Å². The van der Waals surface area contributed by atoms with Crippen LogP contribution >= 0.6 is 0 Å². The summed E-state index contributed by atoms with van der Waals surface area (Å²) < 4.78 is 0. The Morgan fingerprint density at radius 2 is 1.88 bits per heavy atom. The van der Waals surface area contributed by atoms with Gasteiger partial charge in [0.05, 0.1) is 4.92 Å². The molecule has 0 unspecified atom stereocenters. The Morgan fingerprint density at radius 1 is 1.31 bits per heavy atom. The van der Waals surface area contributed by atoms with Crippen LogP contribution in [0.1, 0.15) is 48.0 Å². The van der Waals surface area contributed by atoms with Crippen LogP contribution in [0.4, 0.5) is 11.4 Å². The zero-order valence-electron chi connectivity index (χ0n) is 17.4. The number of nitro groups is 1. The molecule has 1 rings (SSSR count). The molecule has 0 saturated heterocycles. The fraction of sp³-hybridized carbons (Fsp3) is 0.429. The van der Waals surface area contributed by atoms with E-state index in [4.69, 9.17) is 0 Å². The number of nitrogens with one attached hydrogen (secondary N) is 1. The zero-order chi connectivity index (χ0) is 20.5. The molecule has 0 atom stereocenters. The Hall–Kier alpha value is -2.56. The van der Waals surface area contributed by atoms with Gasteiger partial charge in [0.2, 0.25) is 0 Å². The molecule has 0 heterocycles. The standard InChI is InChI=1S/C14H19N3O2.C5H10.C2H6/c1-11(2)16(4)10-12(3)9-15-13-7-5-6-8-14(13)17(18)19;1-3-5-4-2;1-2/h5-8,10,15H,1,9H2,2-4H3;3,5H,4H2,1-2H3;1-2H3/b12-10+;5-3-;. The summed E-state index contributed by atoms with van der Waals surface area (Å²) in [5, 5.41) is 13.9. The van der Waals surface area contributed by atoms with Crippen LogP contribution in [-0.4, -0.2) is 23.4 Å². The molecule has 0 radical (unpaired) electrons. The van der Waals surface area contributed by atoms with Gasteiger partial charge in [-0.3, -0.25) is 10.1 Å². The second-order valence-corrected chi connectivity index (χ2v) is 5.43. The van der Waals surface area contributed by atoms with Crippen LogP contribution in [-0.2, 0) is 0 Å². The number of para-hydroxylation sites is 2. The van der Waals surface area contributed by atoms with Crippen molar-refractivity contribution in [3.05, 3.63) is 70.6 Å². The fourth-order valence-electron chi connectivity index (χ4n) is 1.74. The van der Waals surface area contributed by atoms with Gasteiger partial charge in [0.1, 0.15) is 5.69 Å². The monoisotopic (exact) mass is 361 g/mol. The predicted octanol–water partition coefficient (Wildman–Crippen LogP) is 6.37. The van der Waals surface area contributed by atoms with Gasteiger partial charge < -0.3 is 10.2 Å². The SMILES string of the molecule is C/C=C\CC.C=C(C)N(C)/C=C(\C)CNc1ccccc1[N+](=O)[O-].CC. The van der Waals surface area contributed by atoms with Crippen molar-refractivity contribution in [3.8, 4) is 0 Å². The van der Waals surface area contributed by atoms with E-state index in [1.165, 1.54) is 6.07 Å². The molecule has 5 heteroatoms. The van der Waals surface area contributed by atoms with Crippen LogP contribution < -0.4 is 5.32 Å². The lowest BCUT2D eigenvalue weighted by Crippen LogP contribution is -2.11. The quantitative estimate of drug-likeness (QED) is 0.348. The van der Waals surface area contributed by atoms with Crippen molar-refractivity contribution in [1.29, 1.82) is 0 Å². The molecule has 0 fully saturated rings. The number of benzene rings is 1. The van der Waals surface area contributed by atoms with Gasteiger partial charge in [-0.2, -0.15) is 0 Å². The molecule has 0 spiro atoms. The topological polar surface area (TPSA) is 58.4 Å². The molecule has 0 aliphatic heterocycles. The maximum Gasteiger partial charge on any atom is 0.292 e. The van der Waals surface area contributed by atoms with Crippen LogP contribution in [0.25, 0.3) is 0 Å². The Labute approximate surface area is 159 Å². The molecular formula is C21H35N3O2. The van der Waals surface area contributed by atoms with Crippen molar-refractivity contribution in [1.82, 2.24) is 4.90 Å². The van der Waals surface area contributed by atoms with Gasteiger partial charge in [-0.1, -0.05) is 51.6 Å². The van der Waals surface area contributed by atoms with Crippen LogP contribution in [0.15, 0.2) is 60.5 Å². The third-order valence-corrected chi connectivity index (χ3v) is 3.15. The van der Waals surface area contributed by atoms with Crippen LogP contribution in [0.5, 0.6) is 0 Å². The van der Waals surface area contributed by atoms with E-state index in [1.807, 2.05) is 52.8 Å². The van der Waals surface area contributed by atoms with E-state index >= 15 is 0 Å². The highest BCUT2D eigenvalue weighted by molar-refractivity contribution is 5.61. The fourth-order valence-corrected chi connectivity index (χ4v) is 1.74. The molecule has 146 valence electrons. The number of rotatable bonds is 7. The molecule has 0 bridgehead atoms.